The molecule has 0 aliphatic carbocycles. The van der Waals surface area contributed by atoms with Crippen LogP contribution in [0.4, 0.5) is 0 Å². The molecule has 1 aromatic heterocycles. The van der Waals surface area contributed by atoms with Gasteiger partial charge in [0.1, 0.15) is 0 Å². The molecule has 2 heterocycles. The van der Waals surface area contributed by atoms with E-state index in [1.54, 1.807) is 0 Å². The van der Waals surface area contributed by atoms with Gasteiger partial charge < -0.3 is 10.2 Å². The maximum absolute atomic E-state index is 4.63. The number of nitrogens with zero attached hydrogens (tertiary/aromatic N) is 4. The quantitative estimate of drug-likeness (QED) is 0.900. The molecule has 1 unspecified atom stereocenters. The minimum atomic E-state index is 0.0973. The van der Waals surface area contributed by atoms with Crippen LogP contribution in [-0.2, 0) is 19.0 Å². The summed E-state index contributed by atoms with van der Waals surface area (Å²) < 4.78 is 1.93. The van der Waals surface area contributed by atoms with Crippen LogP contribution in [0.25, 0.3) is 0 Å². The third kappa shape index (κ3) is 4.28. The van der Waals surface area contributed by atoms with Crippen LogP contribution in [0.2, 0.25) is 0 Å². The second-order valence-electron chi connectivity index (χ2n) is 7.45. The number of likely N-dealkylation sites (N-methyl/N-ethyl adjacent to an activating group) is 2. The molecule has 0 bridgehead atoms. The van der Waals surface area contributed by atoms with Crippen molar-refractivity contribution in [2.45, 2.75) is 38.8 Å². The molecule has 120 valence electrons. The van der Waals surface area contributed by atoms with Gasteiger partial charge in [-0.05, 0) is 14.1 Å². The summed E-state index contributed by atoms with van der Waals surface area (Å²) in [5.74, 6) is 0. The van der Waals surface area contributed by atoms with Gasteiger partial charge >= 0.3 is 0 Å². The van der Waals surface area contributed by atoms with Crippen molar-refractivity contribution < 1.29 is 0 Å². The first kappa shape index (κ1) is 16.5. The van der Waals surface area contributed by atoms with Crippen LogP contribution in [0.15, 0.2) is 6.20 Å². The number of aromatic nitrogens is 2. The first-order chi connectivity index (χ1) is 9.77. The SMILES string of the molecule is CN1CCN(C)C(CNCc2cn(C)nc2C(C)(C)C)C1. The first-order valence-corrected chi connectivity index (χ1v) is 7.90. The van der Waals surface area contributed by atoms with E-state index in [9.17, 15) is 0 Å². The minimum Gasteiger partial charge on any atom is -0.311 e. The Balaban J connectivity index is 1.92. The predicted molar refractivity (Wildman–Crippen MR) is 87.5 cm³/mol. The largest absolute Gasteiger partial charge is 0.311 e. The van der Waals surface area contributed by atoms with Crippen molar-refractivity contribution in [3.05, 3.63) is 17.5 Å². The Morgan fingerprint density at radius 3 is 2.62 bits per heavy atom. The van der Waals surface area contributed by atoms with Crippen molar-refractivity contribution in [1.82, 2.24) is 24.9 Å². The number of rotatable bonds is 4. The van der Waals surface area contributed by atoms with Gasteiger partial charge in [-0.3, -0.25) is 9.58 Å². The Labute approximate surface area is 129 Å². The van der Waals surface area contributed by atoms with E-state index >= 15 is 0 Å². The second kappa shape index (κ2) is 6.46. The van der Waals surface area contributed by atoms with Crippen molar-refractivity contribution in [3.8, 4) is 0 Å². The molecule has 5 nitrogen and oxygen atoms in total. The summed E-state index contributed by atoms with van der Waals surface area (Å²) in [6.07, 6.45) is 2.14. The molecule has 0 radical (unpaired) electrons. The average Bonchev–Trinajstić information content (AvgIpc) is 2.75. The van der Waals surface area contributed by atoms with E-state index in [0.29, 0.717) is 6.04 Å². The molecule has 1 saturated heterocycles. The number of hydrogen-bond donors (Lipinski definition) is 1. The molecule has 0 saturated carbocycles. The van der Waals surface area contributed by atoms with Crippen LogP contribution in [0, 0.1) is 0 Å². The summed E-state index contributed by atoms with van der Waals surface area (Å²) in [4.78, 5) is 4.87. The highest BCUT2D eigenvalue weighted by molar-refractivity contribution is 5.23. The van der Waals surface area contributed by atoms with Crippen molar-refractivity contribution in [2.24, 2.45) is 7.05 Å². The lowest BCUT2D eigenvalue weighted by Crippen LogP contribution is -2.53. The van der Waals surface area contributed by atoms with E-state index in [1.807, 2.05) is 11.7 Å². The van der Waals surface area contributed by atoms with Crippen molar-refractivity contribution in [2.75, 3.05) is 40.3 Å². The molecular formula is C16H31N5. The summed E-state index contributed by atoms with van der Waals surface area (Å²) in [5.41, 5.74) is 2.61. The molecule has 1 fully saturated rings. The summed E-state index contributed by atoms with van der Waals surface area (Å²) in [5, 5.41) is 8.26. The average molecular weight is 293 g/mol. The fraction of sp³-hybridized carbons (Fsp3) is 0.812. The normalized spacial score (nSPS) is 21.9. The number of aryl methyl sites for hydroxylation is 1. The standard InChI is InChI=1S/C16H31N5/c1-16(2,3)15-13(11-21(6)18-15)9-17-10-14-12-19(4)7-8-20(14)5/h11,14,17H,7-10,12H2,1-6H3. The molecule has 0 aromatic carbocycles. The van der Waals surface area contributed by atoms with Crippen LogP contribution < -0.4 is 5.32 Å². The molecule has 21 heavy (non-hydrogen) atoms. The van der Waals surface area contributed by atoms with Gasteiger partial charge in [-0.2, -0.15) is 5.10 Å². The van der Waals surface area contributed by atoms with Gasteiger partial charge in [0.05, 0.1) is 5.69 Å². The number of piperazine rings is 1. The molecule has 1 aliphatic heterocycles. The Hall–Kier alpha value is -0.910. The fourth-order valence-corrected chi connectivity index (χ4v) is 2.99. The lowest BCUT2D eigenvalue weighted by Gasteiger charge is -2.37. The van der Waals surface area contributed by atoms with Gasteiger partial charge in [-0.25, -0.2) is 0 Å². The summed E-state index contributed by atoms with van der Waals surface area (Å²) in [7, 11) is 6.44. The van der Waals surface area contributed by atoms with E-state index in [1.165, 1.54) is 17.8 Å². The maximum Gasteiger partial charge on any atom is 0.0722 e. The van der Waals surface area contributed by atoms with E-state index in [-0.39, 0.29) is 5.41 Å². The Morgan fingerprint density at radius 2 is 1.95 bits per heavy atom. The first-order valence-electron chi connectivity index (χ1n) is 7.90. The molecule has 0 spiro atoms. The van der Waals surface area contributed by atoms with E-state index in [4.69, 9.17) is 0 Å². The summed E-state index contributed by atoms with van der Waals surface area (Å²) in [6.45, 7) is 12.1. The van der Waals surface area contributed by atoms with Gasteiger partial charge in [-0.1, -0.05) is 20.8 Å². The van der Waals surface area contributed by atoms with Crippen LogP contribution >= 0.6 is 0 Å². The van der Waals surface area contributed by atoms with Gasteiger partial charge in [0.25, 0.3) is 0 Å². The van der Waals surface area contributed by atoms with Gasteiger partial charge in [0, 0.05) is 63.0 Å². The molecule has 1 N–H and O–H groups in total. The zero-order valence-electron chi connectivity index (χ0n) is 14.5. The molecule has 2 rings (SSSR count). The molecule has 1 aliphatic rings. The van der Waals surface area contributed by atoms with E-state index in [0.717, 1.165) is 26.2 Å². The smallest absolute Gasteiger partial charge is 0.0722 e. The summed E-state index contributed by atoms with van der Waals surface area (Å²) >= 11 is 0. The third-order valence-corrected chi connectivity index (χ3v) is 4.29. The predicted octanol–water partition coefficient (Wildman–Crippen LogP) is 1.05. The molecule has 5 heteroatoms. The third-order valence-electron chi connectivity index (χ3n) is 4.29. The van der Waals surface area contributed by atoms with Crippen molar-refractivity contribution in [1.29, 1.82) is 0 Å². The topological polar surface area (TPSA) is 36.3 Å². The highest BCUT2D eigenvalue weighted by Crippen LogP contribution is 2.23. The molecular weight excluding hydrogens is 262 g/mol. The van der Waals surface area contributed by atoms with Crippen LogP contribution in [0.5, 0.6) is 0 Å². The monoisotopic (exact) mass is 293 g/mol. The second-order valence-corrected chi connectivity index (χ2v) is 7.45. The Bertz CT molecular complexity index is 460. The number of nitrogens with one attached hydrogen (secondary N) is 1. The van der Waals surface area contributed by atoms with Crippen LogP contribution in [-0.4, -0.2) is 65.9 Å². The van der Waals surface area contributed by atoms with Crippen LogP contribution in [0.3, 0.4) is 0 Å². The maximum atomic E-state index is 4.63. The molecule has 0 amide bonds. The highest BCUT2D eigenvalue weighted by Gasteiger charge is 2.23. The lowest BCUT2D eigenvalue weighted by atomic mass is 9.89. The zero-order chi connectivity index (χ0) is 15.6. The summed E-state index contributed by atoms with van der Waals surface area (Å²) in [6, 6.07) is 0.596. The van der Waals surface area contributed by atoms with E-state index in [2.05, 4.69) is 61.3 Å². The highest BCUT2D eigenvalue weighted by atomic mass is 15.3. The van der Waals surface area contributed by atoms with Gasteiger partial charge in [-0.15, -0.1) is 0 Å². The van der Waals surface area contributed by atoms with Gasteiger partial charge in [0.2, 0.25) is 0 Å². The van der Waals surface area contributed by atoms with E-state index < -0.39 is 0 Å². The van der Waals surface area contributed by atoms with Crippen molar-refractivity contribution in [3.63, 3.8) is 0 Å². The van der Waals surface area contributed by atoms with Crippen LogP contribution in [0.1, 0.15) is 32.0 Å². The van der Waals surface area contributed by atoms with Gasteiger partial charge in [0.15, 0.2) is 0 Å². The lowest BCUT2D eigenvalue weighted by molar-refractivity contribution is 0.113. The zero-order valence-corrected chi connectivity index (χ0v) is 14.5. The fourth-order valence-electron chi connectivity index (χ4n) is 2.99. The number of hydrogen-bond acceptors (Lipinski definition) is 4. The molecule has 1 aromatic rings. The minimum absolute atomic E-state index is 0.0973. The van der Waals surface area contributed by atoms with Crippen molar-refractivity contribution >= 4 is 0 Å². The molecule has 1 atom stereocenters. The Kier molecular flexibility index (Phi) is 5.07. The Morgan fingerprint density at radius 1 is 1.24 bits per heavy atom.